The molecule has 3 rings (SSSR count). The van der Waals surface area contributed by atoms with Crippen LogP contribution in [0, 0.1) is 5.82 Å². The van der Waals surface area contributed by atoms with Gasteiger partial charge in [0.1, 0.15) is 18.0 Å². The highest BCUT2D eigenvalue weighted by molar-refractivity contribution is 7.92. The van der Waals surface area contributed by atoms with Crippen molar-refractivity contribution in [3.8, 4) is 5.75 Å². The smallest absolute Gasteiger partial charge is 0.326 e. The first-order valence-electron chi connectivity index (χ1n) is 8.57. The molecule has 0 bridgehead atoms. The van der Waals surface area contributed by atoms with E-state index in [1.54, 1.807) is 4.72 Å². The fraction of sp³-hybridized carbons (Fsp3) is 0.562. The van der Waals surface area contributed by atoms with Gasteiger partial charge in [-0.2, -0.15) is 8.42 Å². The molecular formula is C16H20F3N3O4S. The second kappa shape index (κ2) is 7.55. The summed E-state index contributed by atoms with van der Waals surface area (Å²) in [6.07, 6.45) is -0.946. The number of nitrogens with zero attached hydrogens (tertiary/aromatic N) is 1. The first-order chi connectivity index (χ1) is 12.7. The van der Waals surface area contributed by atoms with E-state index >= 15 is 4.39 Å². The van der Waals surface area contributed by atoms with Crippen molar-refractivity contribution in [3.05, 3.63) is 23.0 Å². The first-order valence-corrected chi connectivity index (χ1v) is 10.0. The molecule has 0 radical (unpaired) electrons. The first kappa shape index (κ1) is 19.7. The Labute approximate surface area is 154 Å². The Hall–Kier alpha value is -2.01. The highest BCUT2D eigenvalue weighted by Gasteiger charge is 2.39. The SMILES string of the molecule is O=C1CN(c2c(O)cc3c(c2F)C[C@H](NCCCC(F)F)CC3)S(=O)(=O)N1. The number of carbonyl (C=O) groups is 1. The largest absolute Gasteiger partial charge is 0.506 e. The predicted octanol–water partition coefficient (Wildman–Crippen LogP) is 1.20. The molecule has 1 atom stereocenters. The minimum Gasteiger partial charge on any atom is -0.506 e. The van der Waals surface area contributed by atoms with Crippen LogP contribution in [0.2, 0.25) is 0 Å². The van der Waals surface area contributed by atoms with Crippen LogP contribution in [0.4, 0.5) is 18.9 Å². The molecule has 11 heteroatoms. The van der Waals surface area contributed by atoms with E-state index in [1.165, 1.54) is 6.07 Å². The number of hydrogen-bond acceptors (Lipinski definition) is 5. The maximum Gasteiger partial charge on any atom is 0.326 e. The van der Waals surface area contributed by atoms with E-state index in [9.17, 15) is 27.1 Å². The molecule has 1 amide bonds. The minimum atomic E-state index is -4.25. The van der Waals surface area contributed by atoms with Crippen LogP contribution in [0.15, 0.2) is 6.07 Å². The van der Waals surface area contributed by atoms with E-state index in [2.05, 4.69) is 5.32 Å². The van der Waals surface area contributed by atoms with Gasteiger partial charge in [-0.1, -0.05) is 0 Å². The molecule has 150 valence electrons. The summed E-state index contributed by atoms with van der Waals surface area (Å²) in [7, 11) is -4.25. The van der Waals surface area contributed by atoms with Gasteiger partial charge in [0.15, 0.2) is 5.82 Å². The molecule has 1 saturated heterocycles. The standard InChI is InChI=1S/C16H20F3N3O4S/c17-13(18)2-1-5-20-10-4-3-9-6-12(23)16(15(19)11(9)7-10)22-8-14(24)21-27(22,25)26/h6,10,13,20,23H,1-5,7-8H2,(H,21,24)/t10-/m1/s1. The van der Waals surface area contributed by atoms with Gasteiger partial charge in [0.2, 0.25) is 6.43 Å². The fourth-order valence-electron chi connectivity index (χ4n) is 3.46. The molecule has 0 spiro atoms. The predicted molar refractivity (Wildman–Crippen MR) is 91.5 cm³/mol. The monoisotopic (exact) mass is 407 g/mol. The molecule has 1 fully saturated rings. The van der Waals surface area contributed by atoms with Gasteiger partial charge in [0.05, 0.1) is 0 Å². The number of carbonyl (C=O) groups excluding carboxylic acids is 1. The van der Waals surface area contributed by atoms with Gasteiger partial charge in [-0.05, 0) is 49.4 Å². The van der Waals surface area contributed by atoms with Gasteiger partial charge in [0, 0.05) is 12.5 Å². The molecule has 0 unspecified atom stereocenters. The van der Waals surface area contributed by atoms with Crippen molar-refractivity contribution in [2.75, 3.05) is 17.4 Å². The summed E-state index contributed by atoms with van der Waals surface area (Å²) in [5, 5.41) is 13.3. The molecule has 1 heterocycles. The highest BCUT2D eigenvalue weighted by atomic mass is 32.2. The highest BCUT2D eigenvalue weighted by Crippen LogP contribution is 2.39. The number of phenols is 1. The summed E-state index contributed by atoms with van der Waals surface area (Å²) >= 11 is 0. The van der Waals surface area contributed by atoms with Gasteiger partial charge in [-0.3, -0.25) is 4.79 Å². The average molecular weight is 407 g/mol. The normalized spacial score (nSPS) is 21.4. The number of hydrogen-bond donors (Lipinski definition) is 3. The summed E-state index contributed by atoms with van der Waals surface area (Å²) in [5.74, 6) is -2.25. The number of nitrogens with one attached hydrogen (secondary N) is 2. The number of anilines is 1. The molecule has 0 aromatic heterocycles. The van der Waals surface area contributed by atoms with E-state index in [0.717, 1.165) is 0 Å². The average Bonchev–Trinajstić information content (AvgIpc) is 2.84. The van der Waals surface area contributed by atoms with Gasteiger partial charge in [-0.15, -0.1) is 0 Å². The van der Waals surface area contributed by atoms with Gasteiger partial charge >= 0.3 is 10.2 Å². The maximum absolute atomic E-state index is 15.1. The Morgan fingerprint density at radius 2 is 2.15 bits per heavy atom. The molecule has 1 aromatic rings. The Balaban J connectivity index is 1.81. The third-order valence-corrected chi connectivity index (χ3v) is 6.11. The molecule has 1 aliphatic carbocycles. The van der Waals surface area contributed by atoms with Gasteiger partial charge in [-0.25, -0.2) is 22.2 Å². The Morgan fingerprint density at radius 1 is 1.41 bits per heavy atom. The molecule has 27 heavy (non-hydrogen) atoms. The third-order valence-electron chi connectivity index (χ3n) is 4.73. The summed E-state index contributed by atoms with van der Waals surface area (Å²) in [6, 6.07) is 1.18. The van der Waals surface area contributed by atoms with Crippen molar-refractivity contribution in [1.82, 2.24) is 10.0 Å². The fourth-order valence-corrected chi connectivity index (χ4v) is 4.62. The summed E-state index contributed by atoms with van der Waals surface area (Å²) in [6.45, 7) is -0.239. The van der Waals surface area contributed by atoms with E-state index in [4.69, 9.17) is 0 Å². The van der Waals surface area contributed by atoms with Crippen LogP contribution < -0.4 is 14.3 Å². The third kappa shape index (κ3) is 4.13. The molecule has 1 aromatic carbocycles. The van der Waals surface area contributed by atoms with Crippen LogP contribution in [0.25, 0.3) is 0 Å². The molecule has 0 saturated carbocycles. The van der Waals surface area contributed by atoms with Gasteiger partial charge in [0.25, 0.3) is 5.91 Å². The van der Waals surface area contributed by atoms with E-state index in [1.807, 2.05) is 0 Å². The number of benzene rings is 1. The zero-order chi connectivity index (χ0) is 19.8. The van der Waals surface area contributed by atoms with E-state index in [0.29, 0.717) is 35.7 Å². The quantitative estimate of drug-likeness (QED) is 0.616. The summed E-state index contributed by atoms with van der Waals surface area (Å²) in [5.41, 5.74) is 0.274. The van der Waals surface area contributed by atoms with Gasteiger partial charge < -0.3 is 10.4 Å². The summed E-state index contributed by atoms with van der Waals surface area (Å²) in [4.78, 5) is 11.4. The van der Waals surface area contributed by atoms with Crippen molar-refractivity contribution in [2.45, 2.75) is 44.6 Å². The van der Waals surface area contributed by atoms with E-state index in [-0.39, 0.29) is 24.4 Å². The Morgan fingerprint density at radius 3 is 2.78 bits per heavy atom. The van der Waals surface area contributed by atoms with E-state index < -0.39 is 46.3 Å². The lowest BCUT2D eigenvalue weighted by Crippen LogP contribution is -2.36. The Kier molecular flexibility index (Phi) is 5.52. The summed E-state index contributed by atoms with van der Waals surface area (Å²) < 4.78 is 65.7. The zero-order valence-corrected chi connectivity index (χ0v) is 15.2. The number of aryl methyl sites for hydroxylation is 1. The van der Waals surface area contributed by atoms with Crippen LogP contribution in [0.3, 0.4) is 0 Å². The molecule has 7 nitrogen and oxygen atoms in total. The molecule has 3 N–H and O–H groups in total. The van der Waals surface area contributed by atoms with Crippen LogP contribution in [0.1, 0.15) is 30.4 Å². The Bertz CT molecular complexity index is 848. The maximum atomic E-state index is 15.1. The molecule has 1 aliphatic heterocycles. The second-order valence-corrected chi connectivity index (χ2v) is 8.26. The number of alkyl halides is 2. The van der Waals surface area contributed by atoms with Crippen molar-refractivity contribution < 1.29 is 31.5 Å². The second-order valence-electron chi connectivity index (χ2n) is 6.66. The van der Waals surface area contributed by atoms with Crippen LogP contribution in [0.5, 0.6) is 5.75 Å². The minimum absolute atomic E-state index is 0.142. The van der Waals surface area contributed by atoms with Crippen LogP contribution >= 0.6 is 0 Å². The van der Waals surface area contributed by atoms with Crippen molar-refractivity contribution in [2.24, 2.45) is 0 Å². The lowest BCUT2D eigenvalue weighted by atomic mass is 9.87. The number of halogens is 3. The van der Waals surface area contributed by atoms with Crippen molar-refractivity contribution in [1.29, 1.82) is 0 Å². The number of phenolic OH excluding ortho intramolecular Hbond substituents is 1. The zero-order valence-electron chi connectivity index (χ0n) is 14.3. The number of amides is 1. The molecular weight excluding hydrogens is 387 g/mol. The lowest BCUT2D eigenvalue weighted by Gasteiger charge is -2.28. The molecule has 2 aliphatic rings. The number of rotatable bonds is 6. The lowest BCUT2D eigenvalue weighted by molar-refractivity contribution is -0.117. The number of fused-ring (bicyclic) bond motifs is 1. The number of aromatic hydroxyl groups is 1. The van der Waals surface area contributed by atoms with Crippen LogP contribution in [-0.4, -0.2) is 45.0 Å². The topological polar surface area (TPSA) is 98.7 Å². The van der Waals surface area contributed by atoms with Crippen LogP contribution in [-0.2, 0) is 27.8 Å². The van der Waals surface area contributed by atoms with Crippen molar-refractivity contribution >= 4 is 21.8 Å². The van der Waals surface area contributed by atoms with Crippen molar-refractivity contribution in [3.63, 3.8) is 0 Å².